The normalized spacial score (nSPS) is 16.9. The first kappa shape index (κ1) is 35.1. The van der Waals surface area contributed by atoms with Crippen LogP contribution in [0.5, 0.6) is 0 Å². The van der Waals surface area contributed by atoms with Crippen LogP contribution in [-0.2, 0) is 34.4 Å². The van der Waals surface area contributed by atoms with Crippen molar-refractivity contribution in [1.29, 1.82) is 0 Å². The number of hydrogen-bond donors (Lipinski definition) is 3. The molecule has 3 N–H and O–H groups in total. The van der Waals surface area contributed by atoms with Crippen LogP contribution in [0, 0.1) is 5.92 Å². The topological polar surface area (TPSA) is 129 Å². The van der Waals surface area contributed by atoms with Crippen LogP contribution in [0.3, 0.4) is 0 Å². The standard InChI is InChI=1S/C36H46ClN7O4/c1-3-32(45)40-30(36(48)44-21-19-43(20-22-44)24-27-11-7-8-12-29(27)37)23-25-13-15-28(16-14-25)39-35(47)33(26-9-5-4-6-10-26)41-34(46)31-17-18-38-42(31)2/h7-8,11-18,26,30,33H,3-6,9-10,19-24H2,1-2H3,(H,39,47)(H,40,45)(H,41,46). The van der Waals surface area contributed by atoms with E-state index >= 15 is 0 Å². The Kier molecular flexibility index (Phi) is 12.2. The van der Waals surface area contributed by atoms with E-state index in [4.69, 9.17) is 11.6 Å². The second kappa shape index (κ2) is 16.7. The van der Waals surface area contributed by atoms with Gasteiger partial charge in [-0.2, -0.15) is 5.10 Å². The van der Waals surface area contributed by atoms with Gasteiger partial charge in [0.05, 0.1) is 0 Å². The zero-order valence-electron chi connectivity index (χ0n) is 27.8. The molecule has 11 nitrogen and oxygen atoms in total. The molecule has 1 aliphatic carbocycles. The summed E-state index contributed by atoms with van der Waals surface area (Å²) >= 11 is 6.35. The van der Waals surface area contributed by atoms with Crippen LogP contribution in [0.2, 0.25) is 5.02 Å². The van der Waals surface area contributed by atoms with E-state index in [1.165, 1.54) is 4.68 Å². The third kappa shape index (κ3) is 9.23. The van der Waals surface area contributed by atoms with Gasteiger partial charge in [-0.3, -0.25) is 28.8 Å². The average Bonchev–Trinajstić information content (AvgIpc) is 3.54. The number of hydrogen-bond acceptors (Lipinski definition) is 6. The molecule has 1 saturated carbocycles. The summed E-state index contributed by atoms with van der Waals surface area (Å²) in [6, 6.07) is 15.4. The van der Waals surface area contributed by atoms with Gasteiger partial charge in [0, 0.05) is 69.5 Å². The van der Waals surface area contributed by atoms with Crippen molar-refractivity contribution in [3.8, 4) is 0 Å². The second-order valence-electron chi connectivity index (χ2n) is 12.7. The van der Waals surface area contributed by atoms with E-state index < -0.39 is 12.1 Å². The van der Waals surface area contributed by atoms with Crippen molar-refractivity contribution in [3.63, 3.8) is 0 Å². The van der Waals surface area contributed by atoms with Crippen LogP contribution in [0.1, 0.15) is 67.1 Å². The number of rotatable bonds is 12. The van der Waals surface area contributed by atoms with E-state index in [2.05, 4.69) is 25.9 Å². The molecule has 2 unspecified atom stereocenters. The van der Waals surface area contributed by atoms with Gasteiger partial charge in [0.1, 0.15) is 17.8 Å². The van der Waals surface area contributed by atoms with Crippen molar-refractivity contribution in [2.24, 2.45) is 13.0 Å². The van der Waals surface area contributed by atoms with Crippen molar-refractivity contribution >= 4 is 40.9 Å². The molecule has 2 atom stereocenters. The average molecular weight is 676 g/mol. The minimum Gasteiger partial charge on any atom is -0.344 e. The first-order chi connectivity index (χ1) is 23.2. The predicted octanol–water partition coefficient (Wildman–Crippen LogP) is 4.17. The number of benzene rings is 2. The highest BCUT2D eigenvalue weighted by Crippen LogP contribution is 2.28. The molecule has 3 aromatic rings. The molecule has 1 aromatic heterocycles. The van der Waals surface area contributed by atoms with Crippen molar-refractivity contribution in [1.82, 2.24) is 30.2 Å². The summed E-state index contributed by atoms with van der Waals surface area (Å²) in [7, 11) is 1.70. The monoisotopic (exact) mass is 675 g/mol. The van der Waals surface area contributed by atoms with Crippen molar-refractivity contribution in [2.75, 3.05) is 31.5 Å². The van der Waals surface area contributed by atoms with Gasteiger partial charge < -0.3 is 20.9 Å². The molecule has 1 saturated heterocycles. The zero-order chi connectivity index (χ0) is 34.0. The Morgan fingerprint density at radius 2 is 1.62 bits per heavy atom. The second-order valence-corrected chi connectivity index (χ2v) is 13.2. The summed E-state index contributed by atoms with van der Waals surface area (Å²) in [6.07, 6.45) is 7.08. The van der Waals surface area contributed by atoms with Crippen LogP contribution in [-0.4, -0.2) is 81.5 Å². The molecule has 12 heteroatoms. The summed E-state index contributed by atoms with van der Waals surface area (Å²) in [5.41, 5.74) is 2.90. The number of carbonyl (C=O) groups excluding carboxylic acids is 4. The van der Waals surface area contributed by atoms with Crippen molar-refractivity contribution in [2.45, 2.75) is 70.5 Å². The largest absolute Gasteiger partial charge is 0.344 e. The van der Waals surface area contributed by atoms with E-state index in [-0.39, 0.29) is 36.0 Å². The number of anilines is 1. The molecular weight excluding hydrogens is 630 g/mol. The SMILES string of the molecule is CCC(=O)NC(Cc1ccc(NC(=O)C(NC(=O)c2ccnn2C)C2CCCCC2)cc1)C(=O)N1CCN(Cc2ccccc2Cl)CC1. The molecule has 4 amide bonds. The fraction of sp³-hybridized carbons (Fsp3) is 0.472. The minimum absolute atomic E-state index is 0.0437. The Morgan fingerprint density at radius 1 is 0.917 bits per heavy atom. The number of nitrogens with one attached hydrogen (secondary N) is 3. The first-order valence-corrected chi connectivity index (χ1v) is 17.3. The van der Waals surface area contributed by atoms with E-state index in [1.54, 1.807) is 38.4 Å². The number of aryl methyl sites for hydroxylation is 1. The molecule has 48 heavy (non-hydrogen) atoms. The van der Waals surface area contributed by atoms with Gasteiger partial charge in [0.2, 0.25) is 17.7 Å². The lowest BCUT2D eigenvalue weighted by Crippen LogP contribution is -2.55. The van der Waals surface area contributed by atoms with Crippen LogP contribution < -0.4 is 16.0 Å². The quantitative estimate of drug-likeness (QED) is 0.264. The van der Waals surface area contributed by atoms with Gasteiger partial charge in [-0.15, -0.1) is 0 Å². The third-order valence-electron chi connectivity index (χ3n) is 9.40. The lowest BCUT2D eigenvalue weighted by Gasteiger charge is -2.36. The number of nitrogens with zero attached hydrogens (tertiary/aromatic N) is 4. The minimum atomic E-state index is -0.703. The summed E-state index contributed by atoms with van der Waals surface area (Å²) < 4.78 is 1.49. The number of carbonyl (C=O) groups is 4. The van der Waals surface area contributed by atoms with Gasteiger partial charge in [-0.05, 0) is 54.2 Å². The molecule has 2 heterocycles. The Labute approximate surface area is 287 Å². The Hall–Kier alpha value is -4.22. The van der Waals surface area contributed by atoms with Crippen LogP contribution in [0.15, 0.2) is 60.8 Å². The van der Waals surface area contributed by atoms with Gasteiger partial charge in [-0.25, -0.2) is 0 Å². The number of halogens is 1. The first-order valence-electron chi connectivity index (χ1n) is 16.9. The maximum absolute atomic E-state index is 13.7. The van der Waals surface area contributed by atoms with Crippen LogP contribution in [0.25, 0.3) is 0 Å². The predicted molar refractivity (Wildman–Crippen MR) is 185 cm³/mol. The molecule has 2 aromatic carbocycles. The van der Waals surface area contributed by atoms with Crippen molar-refractivity contribution in [3.05, 3.63) is 82.6 Å². The molecular formula is C36H46ClN7O4. The fourth-order valence-electron chi connectivity index (χ4n) is 6.57. The summed E-state index contributed by atoms with van der Waals surface area (Å²) in [5.74, 6) is -0.838. The Bertz CT molecular complexity index is 1560. The molecule has 256 valence electrons. The molecule has 0 radical (unpaired) electrons. The molecule has 2 fully saturated rings. The molecule has 0 spiro atoms. The summed E-state index contributed by atoms with van der Waals surface area (Å²) in [4.78, 5) is 56.8. The van der Waals surface area contributed by atoms with Gasteiger partial charge in [-0.1, -0.05) is 68.1 Å². The lowest BCUT2D eigenvalue weighted by molar-refractivity contribution is -0.138. The summed E-state index contributed by atoms with van der Waals surface area (Å²) in [5, 5.41) is 13.7. The van der Waals surface area contributed by atoms with E-state index in [1.807, 2.05) is 41.3 Å². The number of aromatic nitrogens is 2. The third-order valence-corrected chi connectivity index (χ3v) is 9.76. The van der Waals surface area contributed by atoms with Crippen molar-refractivity contribution < 1.29 is 19.2 Å². The number of amides is 4. The van der Waals surface area contributed by atoms with E-state index in [0.29, 0.717) is 44.0 Å². The maximum atomic E-state index is 13.7. The van der Waals surface area contributed by atoms with Crippen LogP contribution >= 0.6 is 11.6 Å². The Morgan fingerprint density at radius 3 is 2.27 bits per heavy atom. The summed E-state index contributed by atoms with van der Waals surface area (Å²) in [6.45, 7) is 5.03. The van der Waals surface area contributed by atoms with Gasteiger partial charge in [0.25, 0.3) is 5.91 Å². The van der Waals surface area contributed by atoms with E-state index in [9.17, 15) is 19.2 Å². The highest BCUT2D eigenvalue weighted by Gasteiger charge is 2.32. The zero-order valence-corrected chi connectivity index (χ0v) is 28.5. The Balaban J connectivity index is 1.20. The smallest absolute Gasteiger partial charge is 0.270 e. The highest BCUT2D eigenvalue weighted by molar-refractivity contribution is 6.31. The molecule has 0 bridgehead atoms. The lowest BCUT2D eigenvalue weighted by atomic mass is 9.83. The highest BCUT2D eigenvalue weighted by atomic mass is 35.5. The fourth-order valence-corrected chi connectivity index (χ4v) is 6.76. The van der Waals surface area contributed by atoms with Gasteiger partial charge in [0.15, 0.2) is 0 Å². The number of piperazine rings is 1. The molecule has 5 rings (SSSR count). The molecule has 1 aliphatic heterocycles. The van der Waals surface area contributed by atoms with Crippen LogP contribution in [0.4, 0.5) is 5.69 Å². The van der Waals surface area contributed by atoms with Gasteiger partial charge >= 0.3 is 0 Å². The van der Waals surface area contributed by atoms with E-state index in [0.717, 1.165) is 54.8 Å². The maximum Gasteiger partial charge on any atom is 0.270 e. The molecule has 2 aliphatic rings.